The third-order valence-corrected chi connectivity index (χ3v) is 4.11. The SMILES string of the molecule is Cc1nc(C)c(-c2csc(NC(=O)CCN)n2)s1. The number of aromatic nitrogens is 2. The van der Waals surface area contributed by atoms with Gasteiger partial charge in [0.2, 0.25) is 5.91 Å². The predicted molar refractivity (Wildman–Crippen MR) is 75.0 cm³/mol. The summed E-state index contributed by atoms with van der Waals surface area (Å²) in [7, 11) is 0. The Kier molecular flexibility index (Phi) is 4.05. The van der Waals surface area contributed by atoms with Crippen molar-refractivity contribution < 1.29 is 4.79 Å². The zero-order valence-corrected chi connectivity index (χ0v) is 11.8. The van der Waals surface area contributed by atoms with Crippen LogP contribution in [0.2, 0.25) is 0 Å². The molecule has 2 heterocycles. The van der Waals surface area contributed by atoms with E-state index >= 15 is 0 Å². The summed E-state index contributed by atoms with van der Waals surface area (Å²) in [4.78, 5) is 21.2. The third kappa shape index (κ3) is 2.92. The first-order chi connectivity index (χ1) is 8.60. The largest absolute Gasteiger partial charge is 0.330 e. The minimum Gasteiger partial charge on any atom is -0.330 e. The molecule has 0 fully saturated rings. The zero-order valence-electron chi connectivity index (χ0n) is 10.2. The zero-order chi connectivity index (χ0) is 13.1. The van der Waals surface area contributed by atoms with Crippen molar-refractivity contribution in [2.45, 2.75) is 20.3 Å². The summed E-state index contributed by atoms with van der Waals surface area (Å²) in [6.07, 6.45) is 0.313. The number of rotatable bonds is 4. The maximum atomic E-state index is 11.4. The van der Waals surface area contributed by atoms with Crippen LogP contribution in [-0.2, 0) is 4.79 Å². The van der Waals surface area contributed by atoms with E-state index < -0.39 is 0 Å². The Balaban J connectivity index is 2.15. The summed E-state index contributed by atoms with van der Waals surface area (Å²) in [6, 6.07) is 0. The van der Waals surface area contributed by atoms with E-state index in [0.29, 0.717) is 18.1 Å². The summed E-state index contributed by atoms with van der Waals surface area (Å²) in [5.41, 5.74) is 7.16. The van der Waals surface area contributed by atoms with Crippen molar-refractivity contribution in [1.29, 1.82) is 0 Å². The minimum atomic E-state index is -0.101. The molecule has 0 unspecified atom stereocenters. The van der Waals surface area contributed by atoms with E-state index in [9.17, 15) is 4.79 Å². The van der Waals surface area contributed by atoms with Gasteiger partial charge in [-0.2, -0.15) is 0 Å². The molecule has 3 N–H and O–H groups in total. The molecule has 1 amide bonds. The van der Waals surface area contributed by atoms with Crippen LogP contribution in [0.25, 0.3) is 10.6 Å². The van der Waals surface area contributed by atoms with Gasteiger partial charge in [-0.25, -0.2) is 9.97 Å². The summed E-state index contributed by atoms with van der Waals surface area (Å²) in [6.45, 7) is 4.28. The Labute approximate surface area is 113 Å². The van der Waals surface area contributed by atoms with Gasteiger partial charge in [0.1, 0.15) is 0 Å². The summed E-state index contributed by atoms with van der Waals surface area (Å²) in [5.74, 6) is -0.101. The average Bonchev–Trinajstić information content (AvgIpc) is 2.85. The van der Waals surface area contributed by atoms with Crippen LogP contribution >= 0.6 is 22.7 Å². The fourth-order valence-corrected chi connectivity index (χ4v) is 3.19. The number of anilines is 1. The normalized spacial score (nSPS) is 10.6. The topological polar surface area (TPSA) is 80.9 Å². The smallest absolute Gasteiger partial charge is 0.227 e. The van der Waals surface area contributed by atoms with Crippen molar-refractivity contribution >= 4 is 33.7 Å². The Morgan fingerprint density at radius 2 is 2.22 bits per heavy atom. The number of nitrogens with one attached hydrogen (secondary N) is 1. The number of thiazole rings is 2. The van der Waals surface area contributed by atoms with Gasteiger partial charge in [0, 0.05) is 18.3 Å². The molecule has 0 bridgehead atoms. The average molecular weight is 282 g/mol. The quantitative estimate of drug-likeness (QED) is 0.900. The van der Waals surface area contributed by atoms with Gasteiger partial charge in [0.15, 0.2) is 5.13 Å². The second-order valence-corrected chi connectivity index (χ2v) is 5.83. The number of carbonyl (C=O) groups is 1. The molecule has 2 aromatic heterocycles. The molecule has 0 atom stereocenters. The van der Waals surface area contributed by atoms with Crippen LogP contribution in [0.5, 0.6) is 0 Å². The van der Waals surface area contributed by atoms with E-state index in [2.05, 4.69) is 15.3 Å². The van der Waals surface area contributed by atoms with Crippen molar-refractivity contribution in [3.8, 4) is 10.6 Å². The molecule has 0 spiro atoms. The Bertz CT molecular complexity index is 561. The molecule has 0 saturated heterocycles. The van der Waals surface area contributed by atoms with Gasteiger partial charge in [-0.05, 0) is 13.8 Å². The van der Waals surface area contributed by atoms with E-state index in [4.69, 9.17) is 5.73 Å². The number of hydrogen-bond donors (Lipinski definition) is 2. The van der Waals surface area contributed by atoms with Crippen molar-refractivity contribution in [3.63, 3.8) is 0 Å². The van der Waals surface area contributed by atoms with Crippen molar-refractivity contribution in [3.05, 3.63) is 16.1 Å². The van der Waals surface area contributed by atoms with Crippen molar-refractivity contribution in [2.75, 3.05) is 11.9 Å². The second-order valence-electron chi connectivity index (χ2n) is 3.77. The Morgan fingerprint density at radius 3 is 2.83 bits per heavy atom. The molecule has 0 saturated carbocycles. The lowest BCUT2D eigenvalue weighted by atomic mass is 10.3. The molecule has 0 aromatic carbocycles. The molecule has 18 heavy (non-hydrogen) atoms. The molecule has 0 aliphatic rings. The van der Waals surface area contributed by atoms with Crippen LogP contribution < -0.4 is 11.1 Å². The highest BCUT2D eigenvalue weighted by atomic mass is 32.1. The van der Waals surface area contributed by atoms with Crippen LogP contribution in [0.15, 0.2) is 5.38 Å². The number of amides is 1. The maximum absolute atomic E-state index is 11.4. The fourth-order valence-electron chi connectivity index (χ4n) is 1.52. The second kappa shape index (κ2) is 5.55. The maximum Gasteiger partial charge on any atom is 0.227 e. The third-order valence-electron chi connectivity index (χ3n) is 2.26. The molecule has 5 nitrogen and oxygen atoms in total. The molecule has 2 aromatic rings. The molecule has 0 aliphatic carbocycles. The highest BCUT2D eigenvalue weighted by molar-refractivity contribution is 7.16. The predicted octanol–water partition coefficient (Wildman–Crippen LogP) is 2.17. The lowest BCUT2D eigenvalue weighted by molar-refractivity contribution is -0.116. The van der Waals surface area contributed by atoms with E-state index in [0.717, 1.165) is 21.3 Å². The number of aryl methyl sites for hydroxylation is 2. The standard InChI is InChI=1S/C11H14N4OS2/c1-6-10(18-7(2)13-6)8-5-17-11(14-8)15-9(16)3-4-12/h5H,3-4,12H2,1-2H3,(H,14,15,16). The Morgan fingerprint density at radius 1 is 1.44 bits per heavy atom. The Hall–Kier alpha value is -1.31. The van der Waals surface area contributed by atoms with Gasteiger partial charge in [-0.1, -0.05) is 0 Å². The highest BCUT2D eigenvalue weighted by Crippen LogP contribution is 2.31. The van der Waals surface area contributed by atoms with Crippen LogP contribution in [0.4, 0.5) is 5.13 Å². The van der Waals surface area contributed by atoms with Crippen molar-refractivity contribution in [1.82, 2.24) is 9.97 Å². The van der Waals surface area contributed by atoms with Gasteiger partial charge in [-0.15, -0.1) is 22.7 Å². The van der Waals surface area contributed by atoms with Crippen molar-refractivity contribution in [2.24, 2.45) is 5.73 Å². The molecule has 0 aliphatic heterocycles. The van der Waals surface area contributed by atoms with Gasteiger partial charge in [-0.3, -0.25) is 4.79 Å². The van der Waals surface area contributed by atoms with Gasteiger partial charge in [0.25, 0.3) is 0 Å². The van der Waals surface area contributed by atoms with Gasteiger partial charge < -0.3 is 11.1 Å². The molecule has 96 valence electrons. The first-order valence-electron chi connectivity index (χ1n) is 5.50. The van der Waals surface area contributed by atoms with E-state index in [1.807, 2.05) is 19.2 Å². The van der Waals surface area contributed by atoms with Crippen LogP contribution in [0.3, 0.4) is 0 Å². The van der Waals surface area contributed by atoms with E-state index in [1.165, 1.54) is 11.3 Å². The summed E-state index contributed by atoms with van der Waals surface area (Å²) >= 11 is 3.02. The number of nitrogens with zero attached hydrogens (tertiary/aromatic N) is 2. The molecular weight excluding hydrogens is 268 g/mol. The van der Waals surface area contributed by atoms with Gasteiger partial charge in [0.05, 0.1) is 21.3 Å². The lowest BCUT2D eigenvalue weighted by Gasteiger charge is -1.98. The van der Waals surface area contributed by atoms with E-state index in [1.54, 1.807) is 11.3 Å². The number of carbonyl (C=O) groups excluding carboxylic acids is 1. The summed E-state index contributed by atoms with van der Waals surface area (Å²) in [5, 5.41) is 6.28. The van der Waals surface area contributed by atoms with Crippen LogP contribution in [-0.4, -0.2) is 22.4 Å². The fraction of sp³-hybridized carbons (Fsp3) is 0.364. The van der Waals surface area contributed by atoms with Gasteiger partial charge >= 0.3 is 0 Å². The summed E-state index contributed by atoms with van der Waals surface area (Å²) < 4.78 is 0. The number of nitrogens with two attached hydrogens (primary N) is 1. The monoisotopic (exact) mass is 282 g/mol. The van der Waals surface area contributed by atoms with Crippen LogP contribution in [0, 0.1) is 13.8 Å². The first kappa shape index (κ1) is 13.1. The first-order valence-corrected chi connectivity index (χ1v) is 7.19. The molecule has 0 radical (unpaired) electrons. The minimum absolute atomic E-state index is 0.101. The highest BCUT2D eigenvalue weighted by Gasteiger charge is 2.12. The number of hydrogen-bond acceptors (Lipinski definition) is 6. The lowest BCUT2D eigenvalue weighted by Crippen LogP contribution is -2.15. The van der Waals surface area contributed by atoms with E-state index in [-0.39, 0.29) is 5.91 Å². The van der Waals surface area contributed by atoms with Crippen LogP contribution in [0.1, 0.15) is 17.1 Å². The molecule has 7 heteroatoms. The molecule has 2 rings (SSSR count). The molecular formula is C11H14N4OS2.